The standard InChI is InChI=1S/C19H33N3O/c1-14(2)18(22-9-7-21(4)8-10-22)13-20-12-16-5-6-19(23-16)17-11-15(17)3/h5-6,14-15,17-18,20H,7-13H2,1-4H3. The second-order valence-corrected chi connectivity index (χ2v) is 7.91. The first-order chi connectivity index (χ1) is 11.0. The maximum atomic E-state index is 6.00. The van der Waals surface area contributed by atoms with Crippen LogP contribution >= 0.6 is 0 Å². The summed E-state index contributed by atoms with van der Waals surface area (Å²) in [6, 6.07) is 4.93. The lowest BCUT2D eigenvalue weighted by Crippen LogP contribution is -2.53. The maximum absolute atomic E-state index is 6.00. The average molecular weight is 319 g/mol. The summed E-state index contributed by atoms with van der Waals surface area (Å²) in [6.07, 6.45) is 1.29. The zero-order valence-corrected chi connectivity index (χ0v) is 15.2. The molecule has 23 heavy (non-hydrogen) atoms. The van der Waals surface area contributed by atoms with E-state index in [1.165, 1.54) is 38.4 Å². The molecule has 2 fully saturated rings. The minimum atomic E-state index is 0.613. The van der Waals surface area contributed by atoms with Gasteiger partial charge in [0, 0.05) is 44.7 Å². The minimum Gasteiger partial charge on any atom is -0.464 e. The van der Waals surface area contributed by atoms with Crippen LogP contribution in [0, 0.1) is 11.8 Å². The highest BCUT2D eigenvalue weighted by molar-refractivity contribution is 5.17. The van der Waals surface area contributed by atoms with Crippen molar-refractivity contribution in [2.75, 3.05) is 39.8 Å². The summed E-state index contributed by atoms with van der Waals surface area (Å²) in [7, 11) is 2.22. The Morgan fingerprint density at radius 3 is 2.52 bits per heavy atom. The van der Waals surface area contributed by atoms with Crippen molar-refractivity contribution in [1.29, 1.82) is 0 Å². The average Bonchev–Trinajstić information content (AvgIpc) is 3.07. The molecule has 1 aliphatic carbocycles. The van der Waals surface area contributed by atoms with Crippen LogP contribution in [0.4, 0.5) is 0 Å². The predicted molar refractivity (Wildman–Crippen MR) is 94.6 cm³/mol. The summed E-state index contributed by atoms with van der Waals surface area (Å²) >= 11 is 0. The number of nitrogens with zero attached hydrogens (tertiary/aromatic N) is 2. The third kappa shape index (κ3) is 4.37. The van der Waals surface area contributed by atoms with Crippen molar-refractivity contribution >= 4 is 0 Å². The third-order valence-electron chi connectivity index (χ3n) is 5.59. The monoisotopic (exact) mass is 319 g/mol. The number of nitrogens with one attached hydrogen (secondary N) is 1. The van der Waals surface area contributed by atoms with Gasteiger partial charge in [0.1, 0.15) is 11.5 Å². The highest BCUT2D eigenvalue weighted by Crippen LogP contribution is 2.47. The molecule has 0 bridgehead atoms. The number of likely N-dealkylation sites (N-methyl/N-ethyl adjacent to an activating group) is 1. The number of rotatable bonds is 7. The topological polar surface area (TPSA) is 31.7 Å². The number of hydrogen-bond acceptors (Lipinski definition) is 4. The van der Waals surface area contributed by atoms with E-state index in [0.29, 0.717) is 17.9 Å². The highest BCUT2D eigenvalue weighted by Gasteiger charge is 2.36. The van der Waals surface area contributed by atoms with Crippen LogP contribution < -0.4 is 5.32 Å². The van der Waals surface area contributed by atoms with Gasteiger partial charge in [0.25, 0.3) is 0 Å². The molecule has 3 unspecified atom stereocenters. The van der Waals surface area contributed by atoms with E-state index in [-0.39, 0.29) is 0 Å². The molecule has 1 N–H and O–H groups in total. The van der Waals surface area contributed by atoms with Crippen molar-refractivity contribution in [3.63, 3.8) is 0 Å². The molecule has 0 aromatic carbocycles. The Labute approximate surface area is 141 Å². The van der Waals surface area contributed by atoms with Crippen LogP contribution in [0.1, 0.15) is 44.6 Å². The van der Waals surface area contributed by atoms with Gasteiger partial charge in [-0.05, 0) is 37.4 Å². The van der Waals surface area contributed by atoms with Gasteiger partial charge in [-0.2, -0.15) is 0 Å². The highest BCUT2D eigenvalue weighted by atomic mass is 16.3. The molecule has 2 aliphatic rings. The molecule has 0 spiro atoms. The van der Waals surface area contributed by atoms with E-state index in [0.717, 1.165) is 24.8 Å². The predicted octanol–water partition coefficient (Wildman–Crippen LogP) is 2.76. The van der Waals surface area contributed by atoms with Gasteiger partial charge in [0.2, 0.25) is 0 Å². The minimum absolute atomic E-state index is 0.613. The second-order valence-electron chi connectivity index (χ2n) is 7.91. The first kappa shape index (κ1) is 17.0. The molecule has 3 rings (SSSR count). The fourth-order valence-electron chi connectivity index (χ4n) is 3.69. The van der Waals surface area contributed by atoms with Crippen LogP contribution in [0.15, 0.2) is 16.5 Å². The van der Waals surface area contributed by atoms with E-state index in [1.54, 1.807) is 0 Å². The Kier molecular flexibility index (Phi) is 5.45. The zero-order chi connectivity index (χ0) is 16.4. The van der Waals surface area contributed by atoms with Crippen LogP contribution in [0.5, 0.6) is 0 Å². The summed E-state index contributed by atoms with van der Waals surface area (Å²) in [5.41, 5.74) is 0. The van der Waals surface area contributed by atoms with E-state index >= 15 is 0 Å². The molecule has 1 saturated carbocycles. The molecular formula is C19H33N3O. The molecule has 1 aliphatic heterocycles. The van der Waals surface area contributed by atoms with Crippen LogP contribution in [0.2, 0.25) is 0 Å². The Morgan fingerprint density at radius 1 is 1.22 bits per heavy atom. The summed E-state index contributed by atoms with van der Waals surface area (Å²) in [5.74, 6) is 4.43. The van der Waals surface area contributed by atoms with Crippen LogP contribution in [-0.4, -0.2) is 55.6 Å². The summed E-state index contributed by atoms with van der Waals surface area (Å²) in [4.78, 5) is 5.07. The molecule has 1 aromatic rings. The third-order valence-corrected chi connectivity index (χ3v) is 5.59. The first-order valence-corrected chi connectivity index (χ1v) is 9.26. The largest absolute Gasteiger partial charge is 0.464 e. The van der Waals surface area contributed by atoms with Crippen LogP contribution in [0.25, 0.3) is 0 Å². The van der Waals surface area contributed by atoms with Crippen molar-refractivity contribution in [2.24, 2.45) is 11.8 Å². The fraction of sp³-hybridized carbons (Fsp3) is 0.789. The number of hydrogen-bond donors (Lipinski definition) is 1. The smallest absolute Gasteiger partial charge is 0.117 e. The van der Waals surface area contributed by atoms with Crippen LogP contribution in [-0.2, 0) is 6.54 Å². The molecule has 130 valence electrons. The molecule has 0 radical (unpaired) electrons. The van der Waals surface area contributed by atoms with Gasteiger partial charge in [-0.1, -0.05) is 20.8 Å². The molecule has 0 amide bonds. The lowest BCUT2D eigenvalue weighted by Gasteiger charge is -2.40. The summed E-state index contributed by atoms with van der Waals surface area (Å²) in [6.45, 7) is 13.6. The lowest BCUT2D eigenvalue weighted by molar-refractivity contribution is 0.0872. The van der Waals surface area contributed by atoms with E-state index < -0.39 is 0 Å². The van der Waals surface area contributed by atoms with E-state index in [9.17, 15) is 0 Å². The Morgan fingerprint density at radius 2 is 1.91 bits per heavy atom. The van der Waals surface area contributed by atoms with Gasteiger partial charge in [0.15, 0.2) is 0 Å². The zero-order valence-electron chi connectivity index (χ0n) is 15.2. The molecular weight excluding hydrogens is 286 g/mol. The molecule has 1 aromatic heterocycles. The van der Waals surface area contributed by atoms with Gasteiger partial charge in [-0.15, -0.1) is 0 Å². The van der Waals surface area contributed by atoms with Gasteiger partial charge >= 0.3 is 0 Å². The number of piperazine rings is 1. The molecule has 3 atom stereocenters. The Hall–Kier alpha value is -0.840. The van der Waals surface area contributed by atoms with E-state index in [1.807, 2.05) is 0 Å². The summed E-state index contributed by atoms with van der Waals surface area (Å²) in [5, 5.41) is 3.63. The molecule has 4 nitrogen and oxygen atoms in total. The summed E-state index contributed by atoms with van der Waals surface area (Å²) < 4.78 is 6.00. The molecule has 2 heterocycles. The number of furan rings is 1. The van der Waals surface area contributed by atoms with Crippen molar-refractivity contribution < 1.29 is 4.42 Å². The van der Waals surface area contributed by atoms with Crippen LogP contribution in [0.3, 0.4) is 0 Å². The fourth-order valence-corrected chi connectivity index (χ4v) is 3.69. The molecule has 1 saturated heterocycles. The van der Waals surface area contributed by atoms with Crippen molar-refractivity contribution in [2.45, 2.75) is 45.7 Å². The first-order valence-electron chi connectivity index (χ1n) is 9.26. The normalized spacial score (nSPS) is 27.5. The van der Waals surface area contributed by atoms with Gasteiger partial charge < -0.3 is 14.6 Å². The van der Waals surface area contributed by atoms with E-state index in [4.69, 9.17) is 4.42 Å². The lowest BCUT2D eigenvalue weighted by atomic mass is 10.0. The molecule has 4 heteroatoms. The van der Waals surface area contributed by atoms with Crippen molar-refractivity contribution in [3.8, 4) is 0 Å². The maximum Gasteiger partial charge on any atom is 0.117 e. The van der Waals surface area contributed by atoms with Crippen molar-refractivity contribution in [1.82, 2.24) is 15.1 Å². The second kappa shape index (κ2) is 7.37. The quantitative estimate of drug-likeness (QED) is 0.837. The van der Waals surface area contributed by atoms with E-state index in [2.05, 4.69) is 55.1 Å². The Balaban J connectivity index is 1.46. The van der Waals surface area contributed by atoms with Crippen molar-refractivity contribution in [3.05, 3.63) is 23.7 Å². The van der Waals surface area contributed by atoms with Gasteiger partial charge in [-0.25, -0.2) is 0 Å². The SMILES string of the molecule is CC(C)C(CNCc1ccc(C2CC2C)o1)N1CCN(C)CC1. The Bertz CT molecular complexity index is 491. The van der Waals surface area contributed by atoms with Gasteiger partial charge in [0.05, 0.1) is 6.54 Å². The van der Waals surface area contributed by atoms with Gasteiger partial charge in [-0.3, -0.25) is 4.90 Å².